The Hall–Kier alpha value is -2.57. The number of benzene rings is 3. The number of nitrogens with zero attached hydrogens (tertiary/aromatic N) is 1. The van der Waals surface area contributed by atoms with Crippen LogP contribution in [0.15, 0.2) is 65.6 Å². The molecule has 0 atom stereocenters. The van der Waals surface area contributed by atoms with Crippen LogP contribution in [0, 0.1) is 0 Å². The molecule has 5 nitrogen and oxygen atoms in total. The van der Waals surface area contributed by atoms with Crippen LogP contribution in [0.3, 0.4) is 0 Å². The lowest BCUT2D eigenvalue weighted by atomic mass is 10.1. The van der Waals surface area contributed by atoms with Crippen molar-refractivity contribution < 1.29 is 18.3 Å². The van der Waals surface area contributed by atoms with Gasteiger partial charge in [0, 0.05) is 22.7 Å². The van der Waals surface area contributed by atoms with E-state index in [9.17, 15) is 18.3 Å². The number of halogens is 1. The van der Waals surface area contributed by atoms with E-state index in [1.54, 1.807) is 24.3 Å². The molecule has 3 rings (SSSR count). The molecule has 0 saturated heterocycles. The third kappa shape index (κ3) is 3.06. The third-order valence-corrected chi connectivity index (χ3v) is 5.79. The predicted octanol–water partition coefficient (Wildman–Crippen LogP) is 3.94. The van der Waals surface area contributed by atoms with Crippen molar-refractivity contribution >= 4 is 44.0 Å². The summed E-state index contributed by atoms with van der Waals surface area (Å²) >= 11 is 5.81. The molecule has 0 spiro atoms. The monoisotopic (exact) mass is 375 g/mol. The van der Waals surface area contributed by atoms with Gasteiger partial charge in [-0.25, -0.2) is 12.7 Å². The molecule has 0 saturated carbocycles. The fraction of sp³-hybridized carbons (Fsp3) is 0.0556. The van der Waals surface area contributed by atoms with Crippen molar-refractivity contribution in [3.05, 3.63) is 65.7 Å². The number of amides is 1. The number of sulfonamides is 1. The molecule has 0 radical (unpaired) electrons. The molecule has 3 aromatic carbocycles. The van der Waals surface area contributed by atoms with Gasteiger partial charge >= 0.3 is 0 Å². The highest BCUT2D eigenvalue weighted by Crippen LogP contribution is 2.35. The fourth-order valence-corrected chi connectivity index (χ4v) is 4.20. The summed E-state index contributed by atoms with van der Waals surface area (Å²) in [5.41, 5.74) is 0.177. The molecule has 25 heavy (non-hydrogen) atoms. The first-order valence-electron chi connectivity index (χ1n) is 7.34. The number of aromatic hydroxyl groups is 1. The molecule has 0 fully saturated rings. The maximum Gasteiger partial charge on any atom is 0.270 e. The molecule has 128 valence electrons. The topological polar surface area (TPSA) is 74.7 Å². The van der Waals surface area contributed by atoms with Crippen LogP contribution in [0.25, 0.3) is 10.8 Å². The molecule has 0 aliphatic heterocycles. The molecule has 0 aromatic heterocycles. The molecule has 1 amide bonds. The van der Waals surface area contributed by atoms with Gasteiger partial charge in [-0.1, -0.05) is 35.9 Å². The molecule has 0 bridgehead atoms. The predicted molar refractivity (Wildman–Crippen MR) is 97.4 cm³/mol. The second kappa shape index (κ2) is 6.38. The summed E-state index contributed by atoms with van der Waals surface area (Å²) in [5, 5.41) is 11.3. The average molecular weight is 376 g/mol. The van der Waals surface area contributed by atoms with Crippen LogP contribution >= 0.6 is 11.6 Å². The molecule has 0 aliphatic carbocycles. The van der Waals surface area contributed by atoms with Crippen molar-refractivity contribution in [2.75, 3.05) is 4.31 Å². The molecule has 1 N–H and O–H groups in total. The molecular formula is C18H14ClNO4S. The minimum Gasteiger partial charge on any atom is -0.507 e. The Morgan fingerprint density at radius 3 is 2.16 bits per heavy atom. The Labute approximate surface area is 150 Å². The van der Waals surface area contributed by atoms with E-state index >= 15 is 0 Å². The van der Waals surface area contributed by atoms with Crippen LogP contribution in [0.1, 0.15) is 6.92 Å². The van der Waals surface area contributed by atoms with Crippen LogP contribution in [0.5, 0.6) is 5.75 Å². The minimum atomic E-state index is -4.13. The maximum atomic E-state index is 13.0. The summed E-state index contributed by atoms with van der Waals surface area (Å²) in [7, 11) is -4.13. The molecule has 0 heterocycles. The number of carbonyl (C=O) groups is 1. The first kappa shape index (κ1) is 17.3. The Kier molecular flexibility index (Phi) is 4.41. The lowest BCUT2D eigenvalue weighted by molar-refractivity contribution is -0.115. The van der Waals surface area contributed by atoms with Gasteiger partial charge in [-0.15, -0.1) is 0 Å². The Bertz CT molecular complexity index is 1060. The lowest BCUT2D eigenvalue weighted by Gasteiger charge is -2.23. The van der Waals surface area contributed by atoms with Crippen molar-refractivity contribution in [2.24, 2.45) is 0 Å². The molecule has 0 aliphatic rings. The summed E-state index contributed by atoms with van der Waals surface area (Å²) in [6.45, 7) is 1.18. The quantitative estimate of drug-likeness (QED) is 0.752. The molecular weight excluding hydrogens is 362 g/mol. The van der Waals surface area contributed by atoms with Crippen LogP contribution in [0.2, 0.25) is 5.02 Å². The van der Waals surface area contributed by atoms with Crippen LogP contribution in [-0.4, -0.2) is 19.4 Å². The number of hydrogen-bond acceptors (Lipinski definition) is 4. The second-order valence-electron chi connectivity index (χ2n) is 5.39. The maximum absolute atomic E-state index is 13.0. The van der Waals surface area contributed by atoms with E-state index in [0.717, 1.165) is 4.31 Å². The van der Waals surface area contributed by atoms with Gasteiger partial charge in [0.2, 0.25) is 5.91 Å². The number of fused-ring (bicyclic) bond motifs is 1. The molecule has 3 aromatic rings. The number of anilines is 1. The largest absolute Gasteiger partial charge is 0.507 e. The summed E-state index contributed by atoms with van der Waals surface area (Å²) < 4.78 is 26.8. The first-order valence-corrected chi connectivity index (χ1v) is 9.16. The van der Waals surface area contributed by atoms with Gasteiger partial charge in [0.25, 0.3) is 10.0 Å². The van der Waals surface area contributed by atoms with Crippen molar-refractivity contribution in [3.63, 3.8) is 0 Å². The fourth-order valence-electron chi connectivity index (χ4n) is 2.62. The standard InChI is InChI=1S/C18H14ClNO4S/c1-12(21)20(25(23,24)14-8-6-13(19)7-9-14)17-10-11-18(22)16-5-3-2-4-15(16)17/h2-11,22H,1H3. The van der Waals surface area contributed by atoms with Crippen LogP contribution in [-0.2, 0) is 14.8 Å². The Balaban J connectivity index is 2.26. The van der Waals surface area contributed by atoms with Gasteiger partial charge in [0.1, 0.15) is 5.75 Å². The average Bonchev–Trinajstić information content (AvgIpc) is 2.57. The van der Waals surface area contributed by atoms with Gasteiger partial charge in [-0.05, 0) is 36.4 Å². The number of carbonyl (C=O) groups excluding carboxylic acids is 1. The van der Waals surface area contributed by atoms with Crippen molar-refractivity contribution in [1.82, 2.24) is 0 Å². The van der Waals surface area contributed by atoms with Gasteiger partial charge in [-0.2, -0.15) is 0 Å². The van der Waals surface area contributed by atoms with E-state index in [2.05, 4.69) is 0 Å². The number of hydrogen-bond donors (Lipinski definition) is 1. The van der Waals surface area contributed by atoms with Gasteiger partial charge in [0.05, 0.1) is 10.6 Å². The van der Waals surface area contributed by atoms with E-state index in [-0.39, 0.29) is 16.3 Å². The highest BCUT2D eigenvalue weighted by atomic mass is 35.5. The molecule has 0 unspecified atom stereocenters. The van der Waals surface area contributed by atoms with Crippen molar-refractivity contribution in [1.29, 1.82) is 0 Å². The number of phenolic OH excluding ortho intramolecular Hbond substituents is 1. The zero-order valence-corrected chi connectivity index (χ0v) is 14.8. The van der Waals surface area contributed by atoms with Gasteiger partial charge in [0.15, 0.2) is 0 Å². The summed E-state index contributed by atoms with van der Waals surface area (Å²) in [6, 6.07) is 15.1. The van der Waals surface area contributed by atoms with E-state index in [4.69, 9.17) is 11.6 Å². The summed E-state index contributed by atoms with van der Waals surface area (Å²) in [6.07, 6.45) is 0. The second-order valence-corrected chi connectivity index (χ2v) is 7.61. The Morgan fingerprint density at radius 1 is 0.960 bits per heavy atom. The summed E-state index contributed by atoms with van der Waals surface area (Å²) in [4.78, 5) is 12.2. The third-order valence-electron chi connectivity index (χ3n) is 3.73. The zero-order valence-electron chi connectivity index (χ0n) is 13.2. The smallest absolute Gasteiger partial charge is 0.270 e. The van der Waals surface area contributed by atoms with Gasteiger partial charge in [-0.3, -0.25) is 4.79 Å². The minimum absolute atomic E-state index is 0.00624. The normalized spacial score (nSPS) is 11.4. The zero-order chi connectivity index (χ0) is 18.2. The van der Waals surface area contributed by atoms with Crippen molar-refractivity contribution in [2.45, 2.75) is 11.8 Å². The highest BCUT2D eigenvalue weighted by Gasteiger charge is 2.30. The van der Waals surface area contributed by atoms with E-state index in [0.29, 0.717) is 15.8 Å². The van der Waals surface area contributed by atoms with Crippen LogP contribution in [0.4, 0.5) is 5.69 Å². The van der Waals surface area contributed by atoms with E-state index in [1.165, 1.54) is 43.3 Å². The van der Waals surface area contributed by atoms with E-state index in [1.807, 2.05) is 0 Å². The van der Waals surface area contributed by atoms with Gasteiger partial charge < -0.3 is 5.11 Å². The summed E-state index contributed by atoms with van der Waals surface area (Å²) in [5.74, 6) is -0.655. The highest BCUT2D eigenvalue weighted by molar-refractivity contribution is 7.93. The SMILES string of the molecule is CC(=O)N(c1ccc(O)c2ccccc12)S(=O)(=O)c1ccc(Cl)cc1. The van der Waals surface area contributed by atoms with E-state index < -0.39 is 15.9 Å². The van der Waals surface area contributed by atoms with Crippen molar-refractivity contribution in [3.8, 4) is 5.75 Å². The number of phenols is 1. The first-order chi connectivity index (χ1) is 11.8. The molecule has 7 heteroatoms. The lowest BCUT2D eigenvalue weighted by Crippen LogP contribution is -2.35. The van der Waals surface area contributed by atoms with Crippen LogP contribution < -0.4 is 4.31 Å². The Morgan fingerprint density at radius 2 is 1.56 bits per heavy atom. The number of rotatable bonds is 3.